The third kappa shape index (κ3) is 38.5. The summed E-state index contributed by atoms with van der Waals surface area (Å²) in [5.74, 6) is -6.67. The quantitative estimate of drug-likeness (QED) is 0.0199. The van der Waals surface area contributed by atoms with Crippen LogP contribution in [0.2, 0.25) is 0 Å². The third-order valence-corrected chi connectivity index (χ3v) is 23.7. The van der Waals surface area contributed by atoms with Gasteiger partial charge in [0.25, 0.3) is 11.8 Å². The number of hydroxylamine groups is 2. The molecule has 800 valence electrons. The van der Waals surface area contributed by atoms with E-state index in [9.17, 15) is 160 Å². The van der Waals surface area contributed by atoms with Gasteiger partial charge in [-0.2, -0.15) is 0 Å². The molecule has 0 aromatic heterocycles. The molecule has 0 bridgehead atoms. The number of carbonyl (C=O) groups is 11. The monoisotopic (exact) mass is 2010 g/mol. The highest BCUT2D eigenvalue weighted by molar-refractivity contribution is 6.01. The van der Waals surface area contributed by atoms with Gasteiger partial charge in [-0.25, -0.2) is 4.79 Å². The zero-order valence-electron chi connectivity index (χ0n) is 77.3. The summed E-state index contributed by atoms with van der Waals surface area (Å²) in [7, 11) is 0. The second kappa shape index (κ2) is 62.0. The molecule has 0 aliphatic carbocycles. The van der Waals surface area contributed by atoms with Gasteiger partial charge in [0.05, 0.1) is 105 Å². The van der Waals surface area contributed by atoms with Crippen molar-refractivity contribution in [3.05, 3.63) is 0 Å². The summed E-state index contributed by atoms with van der Waals surface area (Å²) in [5, 5.41) is 237. The number of aliphatic hydroxyl groups excluding tert-OH is 21. The molecule has 56 heteroatoms. The first-order chi connectivity index (χ1) is 66.3. The number of nitrogens with one attached hydrogen (secondary N) is 7. The highest BCUT2D eigenvalue weighted by Gasteiger charge is 2.54. The number of rotatable bonds is 62. The standard InChI is InChI=1S/C83H143N11O45/c1-43-60(110)66(116)71(121)78(132-43)127-28-24-89-49(99)14-7-3-10-20-86-54(104)35-92(37-58(108)93(26-30-129-79-72(122)67(117)61(111)44(38-95)133-79)27-31-130-80-73(123)68(118)62(112)45(39-96)134-80)36-55(105)88-23-13-5-12-22-87-53(103)34-91(33-52(102)85-21-11-4-8-16-59(109)139-94-56(106)17-18-57(94)107)32-51(101)84-19-9-2-6-15-50(100)90-25-29-128-82-76(126)77(138-83-75(125)70(120)64(114)47(41-98)136-83)65(115)48(137-82)42-131-81-74(124)69(119)63(113)46(40-97)135-81/h43-48,60-83,95-98,110-126H,2-42H2,1H3,(H,84,101)(H,85,102)(H,86,104)(H,87,103)(H,88,105)(H,89,99)(H,90,100)/t43-,44+,45+,46+,47+,48+,60+,61+,62+,63+,64+,65+,66+,67-,68-,69-,70-,71-,72-,73-,74-,75-,76-,77-,78+,79-,80-,81-,82-,83+/m0/s1. The molecule has 7 aliphatic heterocycles. The topological polar surface area (TPSA) is 830 Å². The van der Waals surface area contributed by atoms with Crippen LogP contribution in [0.4, 0.5) is 0 Å². The first kappa shape index (κ1) is 119. The Morgan fingerprint density at radius 3 is 1.00 bits per heavy atom. The first-order valence-electron chi connectivity index (χ1n) is 46.6. The molecule has 7 saturated heterocycles. The Labute approximate surface area is 798 Å². The van der Waals surface area contributed by atoms with Crippen molar-refractivity contribution in [3.63, 3.8) is 0 Å². The number of ether oxygens (including phenoxy) is 12. The van der Waals surface area contributed by atoms with Gasteiger partial charge in [-0.3, -0.25) is 57.7 Å². The highest BCUT2D eigenvalue weighted by atomic mass is 16.8. The van der Waals surface area contributed by atoms with Crippen molar-refractivity contribution in [1.29, 1.82) is 0 Å². The summed E-state index contributed by atoms with van der Waals surface area (Å²) in [6.07, 6.45) is -45.6. The lowest BCUT2D eigenvalue weighted by molar-refractivity contribution is -0.366. The minimum atomic E-state index is -1.99. The lowest BCUT2D eigenvalue weighted by atomic mass is 9.96. The zero-order chi connectivity index (χ0) is 102. The van der Waals surface area contributed by atoms with Gasteiger partial charge in [-0.15, -0.1) is 5.06 Å². The van der Waals surface area contributed by atoms with E-state index >= 15 is 0 Å². The first-order valence-corrected chi connectivity index (χ1v) is 46.6. The van der Waals surface area contributed by atoms with Crippen LogP contribution < -0.4 is 37.2 Å². The molecule has 7 heterocycles. The molecule has 0 radical (unpaired) electrons. The van der Waals surface area contributed by atoms with Crippen molar-refractivity contribution < 1.29 is 222 Å². The third-order valence-electron chi connectivity index (χ3n) is 23.7. The van der Waals surface area contributed by atoms with Gasteiger partial charge >= 0.3 is 5.97 Å². The minimum Gasteiger partial charge on any atom is -0.394 e. The lowest BCUT2D eigenvalue weighted by Gasteiger charge is -2.46. The average molecular weight is 2020 g/mol. The molecule has 28 N–H and O–H groups in total. The Hall–Kier alpha value is -7.03. The fourth-order valence-electron chi connectivity index (χ4n) is 15.5. The smallest absolute Gasteiger partial charge is 0.333 e. The lowest BCUT2D eigenvalue weighted by Crippen LogP contribution is -2.65. The Morgan fingerprint density at radius 2 is 0.619 bits per heavy atom. The predicted octanol–water partition coefficient (Wildman–Crippen LogP) is -16.4. The maximum absolute atomic E-state index is 14.5. The molecule has 30 atom stereocenters. The fourth-order valence-corrected chi connectivity index (χ4v) is 15.5. The second-order valence-electron chi connectivity index (χ2n) is 34.6. The molecule has 7 fully saturated rings. The summed E-state index contributed by atoms with van der Waals surface area (Å²) >= 11 is 0. The normalized spacial score (nSPS) is 32.1. The van der Waals surface area contributed by atoms with Gasteiger partial charge in [0, 0.05) is 91.0 Å². The van der Waals surface area contributed by atoms with E-state index in [1.165, 1.54) is 16.7 Å². The van der Waals surface area contributed by atoms with E-state index in [1.54, 1.807) is 0 Å². The molecule has 10 amide bonds. The van der Waals surface area contributed by atoms with E-state index in [-0.39, 0.29) is 117 Å². The van der Waals surface area contributed by atoms with Crippen LogP contribution >= 0.6 is 0 Å². The molecule has 7 aliphatic rings. The zero-order valence-corrected chi connectivity index (χ0v) is 77.3. The molecule has 0 spiro atoms. The molecule has 139 heavy (non-hydrogen) atoms. The molecule has 0 aromatic rings. The van der Waals surface area contributed by atoms with E-state index < -0.39 is 329 Å². The number of imide groups is 1. The summed E-state index contributed by atoms with van der Waals surface area (Å²) in [5.41, 5.74) is 0. The number of unbranched alkanes of at least 4 members (excludes halogenated alkanes) is 8. The van der Waals surface area contributed by atoms with Gasteiger partial charge in [0.2, 0.25) is 47.3 Å². The number of hydrogen-bond donors (Lipinski definition) is 28. The predicted molar refractivity (Wildman–Crippen MR) is 460 cm³/mol. The van der Waals surface area contributed by atoms with Crippen molar-refractivity contribution >= 4 is 65.0 Å². The van der Waals surface area contributed by atoms with Gasteiger partial charge in [-0.05, 0) is 64.7 Å². The molecular formula is C83H143N11O45. The van der Waals surface area contributed by atoms with Crippen LogP contribution in [0.15, 0.2) is 0 Å². The number of nitrogens with zero attached hydrogens (tertiary/aromatic N) is 4. The Balaban J connectivity index is 0.883. The number of amides is 10. The van der Waals surface area contributed by atoms with E-state index in [2.05, 4.69) is 37.2 Å². The van der Waals surface area contributed by atoms with E-state index in [0.29, 0.717) is 75.7 Å². The maximum Gasteiger partial charge on any atom is 0.333 e. The summed E-state index contributed by atoms with van der Waals surface area (Å²) in [6.45, 7) is -7.45. The Morgan fingerprint density at radius 1 is 0.317 bits per heavy atom. The molecule has 56 nitrogen and oxygen atoms in total. The van der Waals surface area contributed by atoms with Crippen LogP contribution in [0.5, 0.6) is 0 Å². The SMILES string of the molecule is C[C@@H]1O[C@@H](OCCNC(=O)CCCCCNC(=O)CN(CC(=O)NCCCCCNC(=O)CN(CC(=O)NCCCCCC(=O)NCCO[C@H]2O[C@H](CO[C@H]3O[C@H](CO)[C@@H](O)[C@H](O)[C@@H]3O)[C@@H](O)[C@H](O[C@H]3O[C@H](CO)[C@@H](O)[C@H](O)[C@@H]3O)[C@@H]2O)CC(=O)NCCCCCC(=O)ON2C(=O)CCC2=O)CC(=O)N(CCO[C@H]2O[C@H](CO)[C@@H](O)[C@H](O)[C@@H]2O)CCO[C@H]2O[C@H](CO)[C@@H](O)[C@H](O)[C@@H]2O)[C@@H](O)[C@H](O)[C@@H]1O. The van der Waals surface area contributed by atoms with Crippen LogP contribution in [0.1, 0.15) is 116 Å². The van der Waals surface area contributed by atoms with Crippen molar-refractivity contribution in [2.24, 2.45) is 0 Å². The van der Waals surface area contributed by atoms with Crippen LogP contribution in [-0.4, -0.2) is 534 Å². The van der Waals surface area contributed by atoms with Crippen molar-refractivity contribution in [3.8, 4) is 0 Å². The molecule has 0 saturated carbocycles. The molecular weight excluding hydrogens is 1870 g/mol. The fraction of sp³-hybridized carbons (Fsp3) is 0.867. The minimum absolute atomic E-state index is 0.0194. The number of hydrogen-bond acceptors (Lipinski definition) is 47. The van der Waals surface area contributed by atoms with E-state index in [1.807, 2.05) is 0 Å². The van der Waals surface area contributed by atoms with Gasteiger partial charge in [-0.1, -0.05) is 19.3 Å². The molecule has 7 rings (SSSR count). The van der Waals surface area contributed by atoms with Crippen LogP contribution in [0.25, 0.3) is 0 Å². The van der Waals surface area contributed by atoms with Crippen LogP contribution in [-0.2, 0) is 114 Å². The van der Waals surface area contributed by atoms with Gasteiger partial charge in [0.1, 0.15) is 140 Å². The molecule has 0 unspecified atom stereocenters. The van der Waals surface area contributed by atoms with Crippen molar-refractivity contribution in [2.75, 3.05) is 158 Å². The largest absolute Gasteiger partial charge is 0.394 e. The average Bonchev–Trinajstić information content (AvgIpc) is 0.829. The second-order valence-corrected chi connectivity index (χ2v) is 34.6. The number of aliphatic hydroxyl groups is 21. The highest BCUT2D eigenvalue weighted by Crippen LogP contribution is 2.33. The van der Waals surface area contributed by atoms with Gasteiger partial charge in [0.15, 0.2) is 37.7 Å². The summed E-state index contributed by atoms with van der Waals surface area (Å²) in [6, 6.07) is 0. The van der Waals surface area contributed by atoms with Crippen molar-refractivity contribution in [1.82, 2.24) is 57.0 Å². The maximum atomic E-state index is 14.5. The van der Waals surface area contributed by atoms with Crippen LogP contribution in [0, 0.1) is 0 Å². The van der Waals surface area contributed by atoms with E-state index in [4.69, 9.17) is 61.7 Å². The summed E-state index contributed by atoms with van der Waals surface area (Å²) in [4.78, 5) is 152. The Kier molecular flexibility index (Phi) is 53.0. The number of carbonyl (C=O) groups excluding carboxylic acids is 11. The van der Waals surface area contributed by atoms with Crippen LogP contribution in [0.3, 0.4) is 0 Å². The van der Waals surface area contributed by atoms with Crippen molar-refractivity contribution in [2.45, 2.75) is 300 Å². The summed E-state index contributed by atoms with van der Waals surface area (Å²) < 4.78 is 66.7. The Bertz CT molecular complexity index is 3660. The van der Waals surface area contributed by atoms with E-state index in [0.717, 1.165) is 4.90 Å². The van der Waals surface area contributed by atoms with Gasteiger partial charge < -0.3 is 211 Å². The molecule has 0 aromatic carbocycles.